The molecule has 0 bridgehead atoms. The molecule has 70 valence electrons. The van der Waals surface area contributed by atoms with Crippen LogP contribution in [-0.2, 0) is 6.42 Å². The van der Waals surface area contributed by atoms with Crippen molar-refractivity contribution in [3.05, 3.63) is 22.4 Å². The van der Waals surface area contributed by atoms with E-state index in [0.717, 1.165) is 22.3 Å². The summed E-state index contributed by atoms with van der Waals surface area (Å²) in [5.74, 6) is 0.939. The summed E-state index contributed by atoms with van der Waals surface area (Å²) in [6, 6.07) is 2.02. The summed E-state index contributed by atoms with van der Waals surface area (Å²) in [5, 5.41) is 0. The van der Waals surface area contributed by atoms with E-state index in [1.165, 1.54) is 12.8 Å². The van der Waals surface area contributed by atoms with E-state index in [4.69, 9.17) is 4.74 Å². The fourth-order valence-electron chi connectivity index (χ4n) is 1.11. The Morgan fingerprint density at radius 1 is 1.62 bits per heavy atom. The van der Waals surface area contributed by atoms with Crippen molar-refractivity contribution in [3.8, 4) is 5.75 Å². The smallest absolute Gasteiger partial charge is 0.137 e. The molecule has 0 aliphatic heterocycles. The molecule has 0 N–H and O–H groups in total. The van der Waals surface area contributed by atoms with Gasteiger partial charge in [-0.2, -0.15) is 0 Å². The van der Waals surface area contributed by atoms with Gasteiger partial charge in [-0.15, -0.1) is 0 Å². The van der Waals surface area contributed by atoms with Crippen molar-refractivity contribution in [3.63, 3.8) is 0 Å². The van der Waals surface area contributed by atoms with Gasteiger partial charge < -0.3 is 4.74 Å². The summed E-state index contributed by atoms with van der Waals surface area (Å²) in [4.78, 5) is 4.26. The molecule has 0 unspecified atom stereocenters. The average molecular weight is 242 g/mol. The second-order valence-electron chi connectivity index (χ2n) is 3.28. The van der Waals surface area contributed by atoms with Crippen LogP contribution < -0.4 is 4.74 Å². The summed E-state index contributed by atoms with van der Waals surface area (Å²) in [5.41, 5.74) is 1.08. The number of rotatable bonds is 3. The molecule has 0 spiro atoms. The Bertz CT molecular complexity index is 310. The third-order valence-corrected chi connectivity index (χ3v) is 2.65. The maximum atomic E-state index is 5.71. The minimum absolute atomic E-state index is 0.448. The van der Waals surface area contributed by atoms with E-state index < -0.39 is 0 Å². The van der Waals surface area contributed by atoms with Crippen LogP contribution in [0, 0.1) is 0 Å². The number of ether oxygens (including phenoxy) is 1. The third-order valence-electron chi connectivity index (χ3n) is 2.06. The molecule has 2 rings (SSSR count). The molecule has 0 atom stereocenters. The van der Waals surface area contributed by atoms with E-state index in [1.807, 2.05) is 12.3 Å². The molecule has 1 aromatic heterocycles. The zero-order valence-corrected chi connectivity index (χ0v) is 9.17. The number of nitrogens with zero attached hydrogens (tertiary/aromatic N) is 1. The fraction of sp³-hybridized carbons (Fsp3) is 0.500. The van der Waals surface area contributed by atoms with Gasteiger partial charge in [-0.25, -0.2) is 0 Å². The first kappa shape index (κ1) is 9.00. The first-order chi connectivity index (χ1) is 6.29. The lowest BCUT2D eigenvalue weighted by Gasteiger charge is -2.07. The van der Waals surface area contributed by atoms with Crippen molar-refractivity contribution >= 4 is 15.9 Å². The monoisotopic (exact) mass is 241 g/mol. The lowest BCUT2D eigenvalue weighted by molar-refractivity contribution is 0.300. The van der Waals surface area contributed by atoms with Crippen molar-refractivity contribution in [1.82, 2.24) is 4.98 Å². The van der Waals surface area contributed by atoms with Gasteiger partial charge in [0.25, 0.3) is 0 Å². The summed E-state index contributed by atoms with van der Waals surface area (Å²) in [6.45, 7) is 2.09. The largest absolute Gasteiger partial charge is 0.489 e. The highest BCUT2D eigenvalue weighted by atomic mass is 79.9. The molecule has 2 nitrogen and oxygen atoms in total. The molecule has 1 fully saturated rings. The predicted molar refractivity (Wildman–Crippen MR) is 55.0 cm³/mol. The molecule has 0 amide bonds. The summed E-state index contributed by atoms with van der Waals surface area (Å²) in [6.07, 6.45) is 5.60. The summed E-state index contributed by atoms with van der Waals surface area (Å²) in [7, 11) is 0. The van der Waals surface area contributed by atoms with Crippen molar-refractivity contribution in [2.45, 2.75) is 32.3 Å². The Kier molecular flexibility index (Phi) is 2.54. The normalized spacial score (nSPS) is 15.8. The number of pyridine rings is 1. The van der Waals surface area contributed by atoms with Crippen LogP contribution in [0.2, 0.25) is 0 Å². The molecule has 1 aliphatic carbocycles. The Labute approximate surface area is 86.5 Å². The minimum atomic E-state index is 0.448. The Hall–Kier alpha value is -0.570. The van der Waals surface area contributed by atoms with Crippen molar-refractivity contribution in [1.29, 1.82) is 0 Å². The van der Waals surface area contributed by atoms with Crippen LogP contribution >= 0.6 is 15.9 Å². The highest BCUT2D eigenvalue weighted by Crippen LogP contribution is 2.31. The van der Waals surface area contributed by atoms with E-state index in [9.17, 15) is 0 Å². The maximum Gasteiger partial charge on any atom is 0.137 e. The minimum Gasteiger partial charge on any atom is -0.489 e. The maximum absolute atomic E-state index is 5.71. The van der Waals surface area contributed by atoms with Crippen molar-refractivity contribution in [2.75, 3.05) is 0 Å². The van der Waals surface area contributed by atoms with Crippen LogP contribution in [0.5, 0.6) is 5.75 Å². The zero-order chi connectivity index (χ0) is 9.26. The molecule has 1 saturated carbocycles. The molecule has 0 saturated heterocycles. The van der Waals surface area contributed by atoms with Gasteiger partial charge in [-0.3, -0.25) is 4.98 Å². The summed E-state index contributed by atoms with van der Waals surface area (Å²) >= 11 is 3.43. The molecule has 0 aromatic carbocycles. The average Bonchev–Trinajstić information content (AvgIpc) is 2.93. The lowest BCUT2D eigenvalue weighted by Crippen LogP contribution is -1.98. The Balaban J connectivity index is 2.19. The van der Waals surface area contributed by atoms with Gasteiger partial charge >= 0.3 is 0 Å². The van der Waals surface area contributed by atoms with Gasteiger partial charge in [0.05, 0.1) is 10.6 Å². The van der Waals surface area contributed by atoms with Crippen LogP contribution in [0.4, 0.5) is 0 Å². The predicted octanol–water partition coefficient (Wildman–Crippen LogP) is 2.95. The van der Waals surface area contributed by atoms with Gasteiger partial charge in [0, 0.05) is 18.0 Å². The number of halogens is 1. The Morgan fingerprint density at radius 3 is 3.00 bits per heavy atom. The number of hydrogen-bond donors (Lipinski definition) is 0. The first-order valence-electron chi connectivity index (χ1n) is 4.60. The first-order valence-corrected chi connectivity index (χ1v) is 5.40. The van der Waals surface area contributed by atoms with Gasteiger partial charge in [-0.1, -0.05) is 6.92 Å². The van der Waals surface area contributed by atoms with Gasteiger partial charge in [-0.05, 0) is 35.2 Å². The molecule has 1 aromatic rings. The van der Waals surface area contributed by atoms with E-state index in [2.05, 4.69) is 27.8 Å². The van der Waals surface area contributed by atoms with E-state index in [0.29, 0.717) is 6.10 Å². The van der Waals surface area contributed by atoms with E-state index in [1.54, 1.807) is 0 Å². The Morgan fingerprint density at radius 2 is 2.38 bits per heavy atom. The van der Waals surface area contributed by atoms with Crippen LogP contribution in [-0.4, -0.2) is 11.1 Å². The van der Waals surface area contributed by atoms with Crippen LogP contribution in [0.15, 0.2) is 16.7 Å². The molecule has 0 radical (unpaired) electrons. The second-order valence-corrected chi connectivity index (χ2v) is 4.13. The van der Waals surface area contributed by atoms with Crippen molar-refractivity contribution < 1.29 is 4.74 Å². The number of aromatic nitrogens is 1. The molecule has 1 heterocycles. The van der Waals surface area contributed by atoms with Crippen LogP contribution in [0.3, 0.4) is 0 Å². The van der Waals surface area contributed by atoms with Gasteiger partial charge in [0.15, 0.2) is 0 Å². The second kappa shape index (κ2) is 3.66. The number of aryl methyl sites for hydroxylation is 1. The highest BCUT2D eigenvalue weighted by Gasteiger charge is 2.24. The van der Waals surface area contributed by atoms with Gasteiger partial charge in [0.2, 0.25) is 0 Å². The van der Waals surface area contributed by atoms with Crippen LogP contribution in [0.1, 0.15) is 25.5 Å². The molecule has 3 heteroatoms. The molecular formula is C10H12BrNO. The summed E-state index contributed by atoms with van der Waals surface area (Å²) < 4.78 is 6.67. The highest BCUT2D eigenvalue weighted by molar-refractivity contribution is 9.10. The van der Waals surface area contributed by atoms with Gasteiger partial charge in [0.1, 0.15) is 5.75 Å². The lowest BCUT2D eigenvalue weighted by atomic mass is 10.3. The quantitative estimate of drug-likeness (QED) is 0.812. The molecule has 1 aliphatic rings. The third kappa shape index (κ3) is 2.21. The molecular weight excluding hydrogens is 230 g/mol. The van der Waals surface area contributed by atoms with E-state index in [-0.39, 0.29) is 0 Å². The van der Waals surface area contributed by atoms with Crippen LogP contribution in [0.25, 0.3) is 0 Å². The zero-order valence-electron chi connectivity index (χ0n) is 7.59. The topological polar surface area (TPSA) is 22.1 Å². The standard InChI is InChI=1S/C10H12BrNO/c1-2-7-5-10(9(11)6-12-7)13-8-3-4-8/h5-6,8H,2-4H2,1H3. The fourth-order valence-corrected chi connectivity index (χ4v) is 1.42. The molecule has 13 heavy (non-hydrogen) atoms. The van der Waals surface area contributed by atoms with E-state index >= 15 is 0 Å². The van der Waals surface area contributed by atoms with Crippen molar-refractivity contribution in [2.24, 2.45) is 0 Å². The SMILES string of the molecule is CCc1cc(OC2CC2)c(Br)cn1. The number of hydrogen-bond acceptors (Lipinski definition) is 2.